The van der Waals surface area contributed by atoms with Crippen LogP contribution in [0.2, 0.25) is 0 Å². The fraction of sp³-hybridized carbons (Fsp3) is 0.364. The third kappa shape index (κ3) is 1.77. The Hall–Kier alpha value is -1.35. The predicted molar refractivity (Wildman–Crippen MR) is 54.7 cm³/mol. The van der Waals surface area contributed by atoms with Gasteiger partial charge in [0.15, 0.2) is 0 Å². The summed E-state index contributed by atoms with van der Waals surface area (Å²) in [7, 11) is 0. The van der Waals surface area contributed by atoms with Crippen LogP contribution in [0.15, 0.2) is 24.3 Å². The van der Waals surface area contributed by atoms with Gasteiger partial charge in [-0.25, -0.2) is 0 Å². The van der Waals surface area contributed by atoms with Gasteiger partial charge in [0.25, 0.3) is 0 Å². The quantitative estimate of drug-likeness (QED) is 0.723. The van der Waals surface area contributed by atoms with Crippen molar-refractivity contribution in [1.82, 2.24) is 5.32 Å². The van der Waals surface area contributed by atoms with Gasteiger partial charge >= 0.3 is 0 Å². The van der Waals surface area contributed by atoms with Gasteiger partial charge in [0, 0.05) is 25.4 Å². The SMILES string of the molecule is NCc1cccc(C2CNC(=O)C2)c1. The van der Waals surface area contributed by atoms with Gasteiger partial charge in [-0.2, -0.15) is 0 Å². The molecule has 1 amide bonds. The van der Waals surface area contributed by atoms with Crippen LogP contribution in [0.1, 0.15) is 23.5 Å². The number of nitrogens with one attached hydrogen (secondary N) is 1. The molecule has 3 N–H and O–H groups in total. The summed E-state index contributed by atoms with van der Waals surface area (Å²) < 4.78 is 0. The predicted octanol–water partition coefficient (Wildman–Crippen LogP) is 0.749. The van der Waals surface area contributed by atoms with Gasteiger partial charge in [-0.05, 0) is 11.1 Å². The smallest absolute Gasteiger partial charge is 0.220 e. The molecule has 0 spiro atoms. The number of carbonyl (C=O) groups excluding carboxylic acids is 1. The zero-order valence-corrected chi connectivity index (χ0v) is 7.99. The van der Waals surface area contributed by atoms with Crippen LogP contribution in [0.3, 0.4) is 0 Å². The number of nitrogens with two attached hydrogens (primary N) is 1. The third-order valence-electron chi connectivity index (χ3n) is 2.64. The van der Waals surface area contributed by atoms with Crippen LogP contribution in [-0.2, 0) is 11.3 Å². The summed E-state index contributed by atoms with van der Waals surface area (Å²) in [5.74, 6) is 0.474. The first-order valence-electron chi connectivity index (χ1n) is 4.85. The number of carbonyl (C=O) groups is 1. The molecule has 74 valence electrons. The molecule has 1 aromatic carbocycles. The highest BCUT2D eigenvalue weighted by Gasteiger charge is 2.22. The summed E-state index contributed by atoms with van der Waals surface area (Å²) in [4.78, 5) is 11.0. The van der Waals surface area contributed by atoms with Crippen LogP contribution >= 0.6 is 0 Å². The highest BCUT2D eigenvalue weighted by atomic mass is 16.1. The lowest BCUT2D eigenvalue weighted by Gasteiger charge is -2.08. The lowest BCUT2D eigenvalue weighted by Crippen LogP contribution is -2.13. The summed E-state index contributed by atoms with van der Waals surface area (Å²) in [5, 5.41) is 2.84. The second-order valence-electron chi connectivity index (χ2n) is 3.65. The van der Waals surface area contributed by atoms with Crippen molar-refractivity contribution in [2.45, 2.75) is 18.9 Å². The number of hydrogen-bond donors (Lipinski definition) is 2. The van der Waals surface area contributed by atoms with Gasteiger partial charge in [0.2, 0.25) is 5.91 Å². The number of benzene rings is 1. The van der Waals surface area contributed by atoms with E-state index >= 15 is 0 Å². The van der Waals surface area contributed by atoms with Crippen molar-refractivity contribution < 1.29 is 4.79 Å². The van der Waals surface area contributed by atoms with E-state index in [1.807, 2.05) is 12.1 Å². The molecule has 1 atom stereocenters. The lowest BCUT2D eigenvalue weighted by molar-refractivity contribution is -0.119. The first-order valence-corrected chi connectivity index (χ1v) is 4.85. The van der Waals surface area contributed by atoms with Crippen molar-refractivity contribution in [1.29, 1.82) is 0 Å². The normalized spacial score (nSPS) is 20.9. The van der Waals surface area contributed by atoms with Crippen molar-refractivity contribution in [2.24, 2.45) is 5.73 Å². The standard InChI is InChI=1S/C11H14N2O/c12-6-8-2-1-3-9(4-8)10-5-11(14)13-7-10/h1-4,10H,5-7,12H2,(H,13,14). The monoisotopic (exact) mass is 190 g/mol. The van der Waals surface area contributed by atoms with Gasteiger partial charge < -0.3 is 11.1 Å². The van der Waals surface area contributed by atoms with Crippen LogP contribution < -0.4 is 11.1 Å². The number of hydrogen-bond acceptors (Lipinski definition) is 2. The molecule has 1 aromatic rings. The molecular formula is C11H14N2O. The zero-order chi connectivity index (χ0) is 9.97. The van der Waals surface area contributed by atoms with Crippen molar-refractivity contribution in [3.05, 3.63) is 35.4 Å². The second kappa shape index (κ2) is 3.80. The Bertz CT molecular complexity index is 349. The summed E-state index contributed by atoms with van der Waals surface area (Å²) in [5.41, 5.74) is 7.90. The van der Waals surface area contributed by atoms with Gasteiger partial charge in [0.1, 0.15) is 0 Å². The molecule has 0 radical (unpaired) electrons. The summed E-state index contributed by atoms with van der Waals surface area (Å²) in [6, 6.07) is 8.16. The van der Waals surface area contributed by atoms with E-state index in [-0.39, 0.29) is 5.91 Å². The molecule has 1 fully saturated rings. The Labute approximate surface area is 83.3 Å². The topological polar surface area (TPSA) is 55.1 Å². The summed E-state index contributed by atoms with van der Waals surface area (Å²) >= 11 is 0. The number of rotatable bonds is 2. The minimum absolute atomic E-state index is 0.146. The van der Waals surface area contributed by atoms with Crippen molar-refractivity contribution >= 4 is 5.91 Å². The molecule has 1 aliphatic heterocycles. The fourth-order valence-corrected chi connectivity index (χ4v) is 1.81. The fourth-order valence-electron chi connectivity index (χ4n) is 1.81. The zero-order valence-electron chi connectivity index (χ0n) is 7.99. The molecule has 0 bridgehead atoms. The molecule has 3 nitrogen and oxygen atoms in total. The highest BCUT2D eigenvalue weighted by molar-refractivity contribution is 5.79. The van der Waals surface area contributed by atoms with E-state index in [0.717, 1.165) is 12.1 Å². The maximum absolute atomic E-state index is 11.0. The van der Waals surface area contributed by atoms with E-state index in [9.17, 15) is 4.79 Å². The van der Waals surface area contributed by atoms with Crippen molar-refractivity contribution in [2.75, 3.05) is 6.54 Å². The van der Waals surface area contributed by atoms with Gasteiger partial charge in [0.05, 0.1) is 0 Å². The maximum Gasteiger partial charge on any atom is 0.220 e. The van der Waals surface area contributed by atoms with E-state index in [4.69, 9.17) is 5.73 Å². The Morgan fingerprint density at radius 1 is 1.50 bits per heavy atom. The average molecular weight is 190 g/mol. The molecule has 1 unspecified atom stereocenters. The molecule has 1 saturated heterocycles. The van der Waals surface area contributed by atoms with E-state index < -0.39 is 0 Å². The van der Waals surface area contributed by atoms with Crippen LogP contribution in [0.4, 0.5) is 0 Å². The van der Waals surface area contributed by atoms with Crippen LogP contribution in [0.25, 0.3) is 0 Å². The average Bonchev–Trinajstić information content (AvgIpc) is 2.65. The first-order chi connectivity index (χ1) is 6.79. The van der Waals surface area contributed by atoms with Gasteiger partial charge in [-0.3, -0.25) is 4.79 Å². The minimum atomic E-state index is 0.146. The molecule has 2 rings (SSSR count). The van der Waals surface area contributed by atoms with E-state index in [1.165, 1.54) is 5.56 Å². The van der Waals surface area contributed by atoms with Crippen molar-refractivity contribution in [3.63, 3.8) is 0 Å². The molecule has 14 heavy (non-hydrogen) atoms. The maximum atomic E-state index is 11.0. The largest absolute Gasteiger partial charge is 0.355 e. The molecule has 0 saturated carbocycles. The molecule has 1 aliphatic rings. The second-order valence-corrected chi connectivity index (χ2v) is 3.65. The Morgan fingerprint density at radius 2 is 2.36 bits per heavy atom. The van der Waals surface area contributed by atoms with E-state index in [0.29, 0.717) is 18.9 Å². The molecule has 0 aromatic heterocycles. The van der Waals surface area contributed by atoms with Gasteiger partial charge in [-0.15, -0.1) is 0 Å². The Morgan fingerprint density at radius 3 is 3.00 bits per heavy atom. The third-order valence-corrected chi connectivity index (χ3v) is 2.64. The molecule has 3 heteroatoms. The van der Waals surface area contributed by atoms with Crippen LogP contribution in [0.5, 0.6) is 0 Å². The molecule has 1 heterocycles. The lowest BCUT2D eigenvalue weighted by atomic mass is 9.96. The van der Waals surface area contributed by atoms with Crippen LogP contribution in [-0.4, -0.2) is 12.5 Å². The first kappa shape index (κ1) is 9.21. The van der Waals surface area contributed by atoms with Crippen molar-refractivity contribution in [3.8, 4) is 0 Å². The van der Waals surface area contributed by atoms with E-state index in [2.05, 4.69) is 17.4 Å². The summed E-state index contributed by atoms with van der Waals surface area (Å²) in [6.45, 7) is 1.31. The van der Waals surface area contributed by atoms with Gasteiger partial charge in [-0.1, -0.05) is 24.3 Å². The van der Waals surface area contributed by atoms with Crippen LogP contribution in [0, 0.1) is 0 Å². The Balaban J connectivity index is 2.19. The number of amides is 1. The minimum Gasteiger partial charge on any atom is -0.355 e. The Kier molecular flexibility index (Phi) is 2.50. The summed E-state index contributed by atoms with van der Waals surface area (Å²) in [6.07, 6.45) is 0.605. The highest BCUT2D eigenvalue weighted by Crippen LogP contribution is 2.23. The molecular weight excluding hydrogens is 176 g/mol. The van der Waals surface area contributed by atoms with E-state index in [1.54, 1.807) is 0 Å². The molecule has 0 aliphatic carbocycles.